The van der Waals surface area contributed by atoms with Crippen LogP contribution in [0.25, 0.3) is 0 Å². The fourth-order valence-corrected chi connectivity index (χ4v) is 5.30. The van der Waals surface area contributed by atoms with Crippen molar-refractivity contribution in [2.24, 2.45) is 10.8 Å². The first-order valence-electron chi connectivity index (χ1n) is 15.1. The molecule has 0 heterocycles. The van der Waals surface area contributed by atoms with Crippen LogP contribution in [0.5, 0.6) is 0 Å². The van der Waals surface area contributed by atoms with Crippen LogP contribution in [0.1, 0.15) is 82.1 Å². The molecule has 2 aliphatic rings. The Morgan fingerprint density at radius 2 is 0.795 bits per heavy atom. The summed E-state index contributed by atoms with van der Waals surface area (Å²) in [7, 11) is 0. The minimum Gasteiger partial charge on any atom is -0.290 e. The van der Waals surface area contributed by atoms with E-state index in [1.807, 2.05) is 140 Å². The van der Waals surface area contributed by atoms with Crippen LogP contribution in [0.15, 0.2) is 130 Å². The maximum Gasteiger partial charge on any atom is 0.224 e. The zero-order valence-corrected chi connectivity index (χ0v) is 28.1. The summed E-state index contributed by atoms with van der Waals surface area (Å²) >= 11 is 0. The number of carbonyl (C=O) groups excluding carboxylic acids is 4. The highest BCUT2D eigenvalue weighted by Gasteiger charge is 2.37. The topological polar surface area (TPSA) is 68.3 Å². The van der Waals surface area contributed by atoms with E-state index in [0.29, 0.717) is 11.1 Å². The van der Waals surface area contributed by atoms with Gasteiger partial charge >= 0.3 is 0 Å². The van der Waals surface area contributed by atoms with Crippen LogP contribution in [0, 0.1) is 10.8 Å². The average molecular weight is 593 g/mol. The summed E-state index contributed by atoms with van der Waals surface area (Å²) in [6.45, 7) is 19.6. The fraction of sp³-hybridized carbons (Fsp3) is 0.350. The average Bonchev–Trinajstić information content (AvgIpc) is 2.92. The van der Waals surface area contributed by atoms with Gasteiger partial charge in [-0.3, -0.25) is 19.2 Å². The van der Waals surface area contributed by atoms with Crippen LogP contribution in [-0.4, -0.2) is 23.1 Å². The van der Waals surface area contributed by atoms with Gasteiger partial charge in [-0.15, -0.1) is 0 Å². The molecule has 0 bridgehead atoms. The number of rotatable bonds is 10. The lowest BCUT2D eigenvalue weighted by Gasteiger charge is -2.31. The summed E-state index contributed by atoms with van der Waals surface area (Å²) < 4.78 is 0. The molecule has 0 spiro atoms. The third kappa shape index (κ3) is 10.2. The van der Waals surface area contributed by atoms with E-state index in [0.717, 1.165) is 33.4 Å². The Morgan fingerprint density at radius 3 is 1.14 bits per heavy atom. The summed E-state index contributed by atoms with van der Waals surface area (Å²) in [5.74, 6) is -1.36. The summed E-state index contributed by atoms with van der Waals surface area (Å²) in [5, 5.41) is 0. The molecule has 0 N–H and O–H groups in total. The first-order chi connectivity index (χ1) is 20.5. The normalized spacial score (nSPS) is 21.2. The van der Waals surface area contributed by atoms with E-state index in [2.05, 4.69) is 0 Å². The zero-order chi connectivity index (χ0) is 33.2. The first-order valence-corrected chi connectivity index (χ1v) is 15.1. The van der Waals surface area contributed by atoms with Gasteiger partial charge in [-0.25, -0.2) is 0 Å². The summed E-state index contributed by atoms with van der Waals surface area (Å²) in [5.41, 5.74) is 6.55. The van der Waals surface area contributed by atoms with Gasteiger partial charge in [-0.2, -0.15) is 0 Å². The monoisotopic (exact) mass is 592 g/mol. The molecule has 0 radical (unpaired) electrons. The predicted octanol–water partition coefficient (Wildman–Crippen LogP) is 9.32. The van der Waals surface area contributed by atoms with E-state index in [9.17, 15) is 19.2 Å². The zero-order valence-electron chi connectivity index (χ0n) is 28.1. The quantitative estimate of drug-likeness (QED) is 0.187. The van der Waals surface area contributed by atoms with Crippen molar-refractivity contribution in [1.82, 2.24) is 0 Å². The summed E-state index contributed by atoms with van der Waals surface area (Å²) in [6, 6.07) is 0. The van der Waals surface area contributed by atoms with Crippen LogP contribution in [0.4, 0.5) is 0 Å². The molecular formula is C40H48O4. The van der Waals surface area contributed by atoms with Crippen molar-refractivity contribution >= 4 is 23.1 Å². The minimum atomic E-state index is -0.371. The van der Waals surface area contributed by atoms with E-state index >= 15 is 0 Å². The van der Waals surface area contributed by atoms with Crippen molar-refractivity contribution in [3.8, 4) is 0 Å². The lowest BCUT2D eigenvalue weighted by atomic mass is 9.71. The van der Waals surface area contributed by atoms with Crippen LogP contribution in [0.3, 0.4) is 0 Å². The number of ketones is 4. The van der Waals surface area contributed by atoms with Crippen LogP contribution in [-0.2, 0) is 19.2 Å². The molecular weight excluding hydrogens is 544 g/mol. The van der Waals surface area contributed by atoms with Crippen molar-refractivity contribution in [3.05, 3.63) is 130 Å². The largest absolute Gasteiger partial charge is 0.290 e. The first kappa shape index (κ1) is 36.0. The van der Waals surface area contributed by atoms with Gasteiger partial charge in [0.15, 0.2) is 0 Å². The number of hydrogen-bond acceptors (Lipinski definition) is 4. The Kier molecular flexibility index (Phi) is 12.7. The molecule has 4 heteroatoms. The van der Waals surface area contributed by atoms with Crippen molar-refractivity contribution in [2.75, 3.05) is 0 Å². The van der Waals surface area contributed by atoms with Gasteiger partial charge in [-0.1, -0.05) is 135 Å². The summed E-state index contributed by atoms with van der Waals surface area (Å²) in [6.07, 6.45) is 28.6. The Balaban J connectivity index is 1.96. The van der Waals surface area contributed by atoms with Gasteiger partial charge in [0.2, 0.25) is 23.1 Å². The van der Waals surface area contributed by atoms with Gasteiger partial charge in [0.25, 0.3) is 0 Å². The molecule has 4 nitrogen and oxygen atoms in total. The second-order valence-electron chi connectivity index (χ2n) is 13.1. The molecule has 0 atom stereocenters. The molecule has 0 aromatic carbocycles. The lowest BCUT2D eigenvalue weighted by molar-refractivity contribution is -0.136. The molecule has 0 amide bonds. The minimum absolute atomic E-state index is 0.246. The summed E-state index contributed by atoms with van der Waals surface area (Å²) in [4.78, 5) is 48.1. The molecule has 0 aromatic rings. The van der Waals surface area contributed by atoms with Crippen LogP contribution < -0.4 is 0 Å². The molecule has 0 aliphatic heterocycles. The van der Waals surface area contributed by atoms with Gasteiger partial charge < -0.3 is 0 Å². The molecule has 0 saturated carbocycles. The van der Waals surface area contributed by atoms with E-state index < -0.39 is 0 Å². The van der Waals surface area contributed by atoms with Crippen molar-refractivity contribution < 1.29 is 19.2 Å². The predicted molar refractivity (Wildman–Crippen MR) is 183 cm³/mol. The molecule has 232 valence electrons. The molecule has 0 unspecified atom stereocenters. The second-order valence-corrected chi connectivity index (χ2v) is 13.1. The number of Topliss-reactive ketones (excluding diaryl/α,β-unsaturated/α-hetero) is 4. The van der Waals surface area contributed by atoms with Gasteiger partial charge in [0, 0.05) is 24.0 Å². The van der Waals surface area contributed by atoms with Crippen LogP contribution in [0.2, 0.25) is 0 Å². The molecule has 0 fully saturated rings. The van der Waals surface area contributed by atoms with Crippen molar-refractivity contribution in [3.63, 3.8) is 0 Å². The Bertz CT molecular complexity index is 1430. The SMILES string of the molecule is CC1=C(C=C/C(C)=C/C=C/C(C)=C/C=C/C=C(C)/C=C/C=C(\C)C=CC2=C(C)C(=O)C(=O)CC2(C)C)C(C)(C)CC(=O)C1=O. The van der Waals surface area contributed by atoms with Crippen LogP contribution >= 0.6 is 0 Å². The second kappa shape index (κ2) is 15.5. The molecule has 2 aliphatic carbocycles. The van der Waals surface area contributed by atoms with Gasteiger partial charge in [-0.05, 0) is 63.5 Å². The highest BCUT2D eigenvalue weighted by atomic mass is 16.2. The highest BCUT2D eigenvalue weighted by Crippen LogP contribution is 2.39. The smallest absolute Gasteiger partial charge is 0.224 e. The molecule has 2 rings (SSSR count). The number of allylic oxidation sites excluding steroid dienone is 22. The molecule has 0 saturated heterocycles. The van der Waals surface area contributed by atoms with Gasteiger partial charge in [0.1, 0.15) is 0 Å². The van der Waals surface area contributed by atoms with Crippen molar-refractivity contribution in [1.29, 1.82) is 0 Å². The third-order valence-corrected chi connectivity index (χ3v) is 7.95. The van der Waals surface area contributed by atoms with E-state index in [4.69, 9.17) is 0 Å². The van der Waals surface area contributed by atoms with E-state index in [1.165, 1.54) is 0 Å². The maximum atomic E-state index is 12.1. The standard InChI is InChI=1S/C40H48O4/c1-27(17-13-19-29(3)21-23-33-31(5)37(43)35(41)25-39(33,7)8)15-11-12-16-28(2)18-14-20-30(4)22-24-34-32(6)38(44)36(42)26-40(34,9)10/h11-24H,25-26H2,1-10H3/b12-11+,17-13+,18-14+,23-21?,24-22?,27-15+,28-16+,29-19+,30-20+. The maximum absolute atomic E-state index is 12.1. The molecule has 0 aromatic heterocycles. The number of carbonyl (C=O) groups is 4. The third-order valence-electron chi connectivity index (χ3n) is 7.95. The van der Waals surface area contributed by atoms with E-state index in [1.54, 1.807) is 13.8 Å². The Labute approximate surface area is 264 Å². The fourth-order valence-electron chi connectivity index (χ4n) is 5.30. The van der Waals surface area contributed by atoms with Crippen molar-refractivity contribution in [2.45, 2.75) is 82.1 Å². The Morgan fingerprint density at radius 1 is 0.500 bits per heavy atom. The number of hydrogen-bond donors (Lipinski definition) is 0. The van der Waals surface area contributed by atoms with Gasteiger partial charge in [0.05, 0.1) is 0 Å². The van der Waals surface area contributed by atoms with E-state index in [-0.39, 0.29) is 46.8 Å². The highest BCUT2D eigenvalue weighted by molar-refractivity contribution is 6.45. The lowest BCUT2D eigenvalue weighted by Crippen LogP contribution is -2.32. The molecule has 44 heavy (non-hydrogen) atoms. The Hall–Kier alpha value is -4.18.